The van der Waals surface area contributed by atoms with Crippen molar-refractivity contribution in [2.75, 3.05) is 7.11 Å². The van der Waals surface area contributed by atoms with Gasteiger partial charge in [-0.2, -0.15) is 0 Å². The van der Waals surface area contributed by atoms with Crippen LogP contribution in [0.4, 0.5) is 0 Å². The first-order valence-corrected chi connectivity index (χ1v) is 3.84. The van der Waals surface area contributed by atoms with Crippen LogP contribution in [-0.4, -0.2) is 33.7 Å². The van der Waals surface area contributed by atoms with Crippen LogP contribution in [0.5, 0.6) is 0 Å². The summed E-state index contributed by atoms with van der Waals surface area (Å²) in [6, 6.07) is 0. The van der Waals surface area contributed by atoms with E-state index in [-0.39, 0.29) is 11.4 Å². The van der Waals surface area contributed by atoms with E-state index in [0.717, 1.165) is 0 Å². The molecule has 0 spiro atoms. The molecular weight excluding hydrogens is 188 g/mol. The molecule has 76 valence electrons. The van der Waals surface area contributed by atoms with Crippen LogP contribution < -0.4 is 0 Å². The normalized spacial score (nSPS) is 9.93. The van der Waals surface area contributed by atoms with E-state index in [1.54, 1.807) is 6.92 Å². The van der Waals surface area contributed by atoms with Gasteiger partial charge in [-0.25, -0.2) is 14.6 Å². The third-order valence-corrected chi connectivity index (χ3v) is 1.90. The van der Waals surface area contributed by atoms with Crippen molar-refractivity contribution < 1.29 is 19.4 Å². The molecule has 0 saturated carbocycles. The Bertz CT molecular complexity index is 394. The molecule has 1 aromatic heterocycles. The van der Waals surface area contributed by atoms with Gasteiger partial charge in [-0.3, -0.25) is 0 Å². The maximum absolute atomic E-state index is 11.1. The van der Waals surface area contributed by atoms with E-state index < -0.39 is 11.9 Å². The highest BCUT2D eigenvalue weighted by Crippen LogP contribution is 2.10. The molecule has 1 aromatic rings. The Morgan fingerprint density at radius 1 is 1.50 bits per heavy atom. The van der Waals surface area contributed by atoms with Crippen molar-refractivity contribution >= 4 is 11.9 Å². The largest absolute Gasteiger partial charge is 0.476 e. The minimum Gasteiger partial charge on any atom is -0.476 e. The second-order valence-corrected chi connectivity index (χ2v) is 2.71. The van der Waals surface area contributed by atoms with Gasteiger partial charge in [0.2, 0.25) is 0 Å². The topological polar surface area (TPSA) is 81.4 Å². The number of imidazole rings is 1. The smallest absolute Gasteiger partial charge is 0.359 e. The molecule has 0 fully saturated rings. The van der Waals surface area contributed by atoms with Gasteiger partial charge in [-0.05, 0) is 6.92 Å². The van der Waals surface area contributed by atoms with Crippen LogP contribution in [0.2, 0.25) is 0 Å². The third-order valence-electron chi connectivity index (χ3n) is 1.90. The standard InChI is InChI=1S/C8H10N2O4/c1-4-9-5(8(13)14-3)6(7(11)12)10(4)2/h1-3H3,(H,11,12). The second-order valence-electron chi connectivity index (χ2n) is 2.71. The average Bonchev–Trinajstić information content (AvgIpc) is 2.42. The number of ether oxygens (including phenoxy) is 1. The third kappa shape index (κ3) is 1.46. The molecule has 0 unspecified atom stereocenters. The summed E-state index contributed by atoms with van der Waals surface area (Å²) < 4.78 is 5.75. The zero-order chi connectivity index (χ0) is 10.9. The van der Waals surface area contributed by atoms with Crippen LogP contribution in [0.15, 0.2) is 0 Å². The molecule has 6 heteroatoms. The number of methoxy groups -OCH3 is 1. The van der Waals surface area contributed by atoms with Gasteiger partial charge in [-0.15, -0.1) is 0 Å². The zero-order valence-corrected chi connectivity index (χ0v) is 8.07. The van der Waals surface area contributed by atoms with E-state index >= 15 is 0 Å². The number of hydrogen-bond donors (Lipinski definition) is 1. The first-order chi connectivity index (χ1) is 6.49. The highest BCUT2D eigenvalue weighted by atomic mass is 16.5. The van der Waals surface area contributed by atoms with Crippen LogP contribution in [0.1, 0.15) is 26.8 Å². The Morgan fingerprint density at radius 2 is 2.07 bits per heavy atom. The molecule has 6 nitrogen and oxygen atoms in total. The molecule has 0 aliphatic heterocycles. The lowest BCUT2D eigenvalue weighted by Gasteiger charge is -1.99. The number of nitrogens with zero attached hydrogens (tertiary/aromatic N) is 2. The van der Waals surface area contributed by atoms with Crippen molar-refractivity contribution in [3.05, 3.63) is 17.2 Å². The Labute approximate surface area is 80.1 Å². The second kappa shape index (κ2) is 3.49. The van der Waals surface area contributed by atoms with E-state index in [1.807, 2.05) is 0 Å². The molecule has 14 heavy (non-hydrogen) atoms. The van der Waals surface area contributed by atoms with E-state index in [1.165, 1.54) is 18.7 Å². The quantitative estimate of drug-likeness (QED) is 0.687. The van der Waals surface area contributed by atoms with Gasteiger partial charge in [0, 0.05) is 7.05 Å². The summed E-state index contributed by atoms with van der Waals surface area (Å²) in [4.78, 5) is 25.8. The summed E-state index contributed by atoms with van der Waals surface area (Å²) in [5.41, 5.74) is -0.325. The number of carboxylic acid groups (broad SMARTS) is 1. The lowest BCUT2D eigenvalue weighted by Crippen LogP contribution is -2.12. The van der Waals surface area contributed by atoms with Crippen molar-refractivity contribution in [3.8, 4) is 0 Å². The summed E-state index contributed by atoms with van der Waals surface area (Å²) in [6.07, 6.45) is 0. The number of carbonyl (C=O) groups is 2. The lowest BCUT2D eigenvalue weighted by molar-refractivity contribution is 0.0574. The fourth-order valence-electron chi connectivity index (χ4n) is 1.09. The Hall–Kier alpha value is -1.85. The Kier molecular flexibility index (Phi) is 2.55. The number of hydrogen-bond acceptors (Lipinski definition) is 4. The SMILES string of the molecule is COC(=O)c1nc(C)n(C)c1C(=O)O. The summed E-state index contributed by atoms with van der Waals surface area (Å²) >= 11 is 0. The predicted molar refractivity (Wildman–Crippen MR) is 46.2 cm³/mol. The molecule has 0 saturated heterocycles. The van der Waals surface area contributed by atoms with Crippen LogP contribution in [0.3, 0.4) is 0 Å². The molecular formula is C8H10N2O4. The molecule has 1 heterocycles. The monoisotopic (exact) mass is 198 g/mol. The van der Waals surface area contributed by atoms with E-state index in [4.69, 9.17) is 5.11 Å². The van der Waals surface area contributed by atoms with Gasteiger partial charge < -0.3 is 14.4 Å². The van der Waals surface area contributed by atoms with Gasteiger partial charge in [0.25, 0.3) is 0 Å². The molecule has 0 radical (unpaired) electrons. The van der Waals surface area contributed by atoms with Crippen molar-refractivity contribution in [2.24, 2.45) is 7.05 Å². The van der Waals surface area contributed by atoms with Gasteiger partial charge in [0.05, 0.1) is 7.11 Å². The van der Waals surface area contributed by atoms with Gasteiger partial charge in [-0.1, -0.05) is 0 Å². The lowest BCUT2D eigenvalue weighted by atomic mass is 10.3. The summed E-state index contributed by atoms with van der Waals surface area (Å²) in [5.74, 6) is -1.50. The number of aromatic carboxylic acids is 1. The first-order valence-electron chi connectivity index (χ1n) is 3.84. The molecule has 0 aliphatic carbocycles. The van der Waals surface area contributed by atoms with Crippen molar-refractivity contribution in [1.82, 2.24) is 9.55 Å². The molecule has 1 rings (SSSR count). The highest BCUT2D eigenvalue weighted by Gasteiger charge is 2.24. The maximum Gasteiger partial charge on any atom is 0.359 e. The number of carboxylic acids is 1. The van der Waals surface area contributed by atoms with Crippen LogP contribution in [0, 0.1) is 6.92 Å². The van der Waals surface area contributed by atoms with E-state index in [9.17, 15) is 9.59 Å². The minimum atomic E-state index is -1.20. The number of rotatable bonds is 2. The molecule has 0 amide bonds. The number of carbonyl (C=O) groups excluding carboxylic acids is 1. The maximum atomic E-state index is 11.1. The minimum absolute atomic E-state index is 0.158. The summed E-state index contributed by atoms with van der Waals surface area (Å²) in [7, 11) is 2.70. The predicted octanol–water partition coefficient (Wildman–Crippen LogP) is 0.213. The molecule has 0 aromatic carbocycles. The number of esters is 1. The molecule has 0 bridgehead atoms. The molecule has 1 N–H and O–H groups in total. The molecule has 0 aliphatic rings. The van der Waals surface area contributed by atoms with Crippen LogP contribution >= 0.6 is 0 Å². The zero-order valence-electron chi connectivity index (χ0n) is 8.07. The number of aryl methyl sites for hydroxylation is 1. The van der Waals surface area contributed by atoms with Crippen LogP contribution in [0.25, 0.3) is 0 Å². The van der Waals surface area contributed by atoms with Crippen molar-refractivity contribution in [1.29, 1.82) is 0 Å². The van der Waals surface area contributed by atoms with E-state index in [2.05, 4.69) is 9.72 Å². The van der Waals surface area contributed by atoms with Gasteiger partial charge in [0.15, 0.2) is 11.4 Å². The first kappa shape index (κ1) is 10.2. The van der Waals surface area contributed by atoms with Crippen LogP contribution in [-0.2, 0) is 11.8 Å². The van der Waals surface area contributed by atoms with Gasteiger partial charge in [0.1, 0.15) is 5.82 Å². The average molecular weight is 198 g/mol. The van der Waals surface area contributed by atoms with Crippen molar-refractivity contribution in [2.45, 2.75) is 6.92 Å². The van der Waals surface area contributed by atoms with Crippen molar-refractivity contribution in [3.63, 3.8) is 0 Å². The Balaban J connectivity index is 3.36. The van der Waals surface area contributed by atoms with Gasteiger partial charge >= 0.3 is 11.9 Å². The number of aromatic nitrogens is 2. The fourth-order valence-corrected chi connectivity index (χ4v) is 1.09. The Morgan fingerprint density at radius 3 is 2.50 bits per heavy atom. The summed E-state index contributed by atoms with van der Waals surface area (Å²) in [6.45, 7) is 1.61. The highest BCUT2D eigenvalue weighted by molar-refractivity contribution is 6.00. The molecule has 0 atom stereocenters. The van der Waals surface area contributed by atoms with E-state index in [0.29, 0.717) is 5.82 Å². The summed E-state index contributed by atoms with van der Waals surface area (Å²) in [5, 5.41) is 8.84. The fraction of sp³-hybridized carbons (Fsp3) is 0.375.